The number of hydrogen-bond acceptors (Lipinski definition) is 4. The van der Waals surface area contributed by atoms with Gasteiger partial charge in [0.15, 0.2) is 5.16 Å². The first-order valence-electron chi connectivity index (χ1n) is 6.82. The van der Waals surface area contributed by atoms with Crippen molar-refractivity contribution < 1.29 is 0 Å². The molecule has 112 valence electrons. The number of benzene rings is 1. The lowest BCUT2D eigenvalue weighted by Crippen LogP contribution is -2.10. The number of aryl methyl sites for hydroxylation is 1. The smallest absolute Gasteiger partial charge is 0.251 e. The van der Waals surface area contributed by atoms with E-state index in [0.29, 0.717) is 5.16 Å². The van der Waals surface area contributed by atoms with E-state index in [0.717, 1.165) is 33.5 Å². The number of aromatic nitrogens is 2. The van der Waals surface area contributed by atoms with E-state index in [2.05, 4.69) is 32.8 Å². The van der Waals surface area contributed by atoms with Gasteiger partial charge in [0, 0.05) is 27.2 Å². The highest BCUT2D eigenvalue weighted by molar-refractivity contribution is 9.10. The second-order valence-electron chi connectivity index (χ2n) is 4.87. The summed E-state index contributed by atoms with van der Waals surface area (Å²) in [7, 11) is 0. The van der Waals surface area contributed by atoms with Crippen molar-refractivity contribution in [2.24, 2.45) is 5.73 Å². The maximum Gasteiger partial charge on any atom is 0.251 e. The van der Waals surface area contributed by atoms with Crippen LogP contribution in [0.1, 0.15) is 37.6 Å². The predicted molar refractivity (Wildman–Crippen MR) is 89.7 cm³/mol. The van der Waals surface area contributed by atoms with Gasteiger partial charge in [-0.3, -0.25) is 4.79 Å². The van der Waals surface area contributed by atoms with Gasteiger partial charge in [0.05, 0.1) is 0 Å². The molecule has 1 heterocycles. The lowest BCUT2D eigenvalue weighted by Gasteiger charge is -2.09. The summed E-state index contributed by atoms with van der Waals surface area (Å²) in [4.78, 5) is 19.9. The third-order valence-electron chi connectivity index (χ3n) is 2.97. The van der Waals surface area contributed by atoms with Crippen molar-refractivity contribution in [3.05, 3.63) is 50.3 Å². The van der Waals surface area contributed by atoms with Crippen molar-refractivity contribution in [3.8, 4) is 0 Å². The maximum absolute atomic E-state index is 11.7. The first kappa shape index (κ1) is 16.3. The molecule has 0 spiro atoms. The fourth-order valence-electron chi connectivity index (χ4n) is 1.90. The van der Waals surface area contributed by atoms with Gasteiger partial charge in [-0.1, -0.05) is 31.2 Å². The molecule has 0 unspecified atom stereocenters. The van der Waals surface area contributed by atoms with E-state index in [1.54, 1.807) is 6.07 Å². The summed E-state index contributed by atoms with van der Waals surface area (Å²) in [5, 5.41) is 0.611. The molecule has 0 fully saturated rings. The van der Waals surface area contributed by atoms with Crippen LogP contribution in [-0.4, -0.2) is 9.97 Å². The average molecular weight is 368 g/mol. The number of hydrogen-bond donors (Lipinski definition) is 2. The Bertz CT molecular complexity index is 685. The third kappa shape index (κ3) is 4.43. The van der Waals surface area contributed by atoms with Crippen molar-refractivity contribution in [3.63, 3.8) is 0 Å². The Hall–Kier alpha value is -1.11. The second kappa shape index (κ2) is 7.24. The topological polar surface area (TPSA) is 71.8 Å². The molecule has 1 atom stereocenters. The number of aromatic amines is 1. The molecule has 21 heavy (non-hydrogen) atoms. The Balaban J connectivity index is 2.27. The maximum atomic E-state index is 11.7. The summed E-state index contributed by atoms with van der Waals surface area (Å²) < 4.78 is 0.950. The Kier molecular flexibility index (Phi) is 5.61. The van der Waals surface area contributed by atoms with Gasteiger partial charge in [-0.05, 0) is 47.0 Å². The van der Waals surface area contributed by atoms with E-state index in [-0.39, 0.29) is 11.6 Å². The monoisotopic (exact) mass is 367 g/mol. The molecule has 0 saturated carbocycles. The van der Waals surface area contributed by atoms with Gasteiger partial charge in [0.2, 0.25) is 0 Å². The number of nitrogens with two attached hydrogens (primary N) is 1. The molecule has 0 amide bonds. The van der Waals surface area contributed by atoms with Gasteiger partial charge in [0.25, 0.3) is 5.56 Å². The first-order chi connectivity index (χ1) is 9.99. The van der Waals surface area contributed by atoms with Crippen LogP contribution in [0.5, 0.6) is 0 Å². The largest absolute Gasteiger partial charge is 0.324 e. The molecule has 1 aromatic carbocycles. The molecule has 0 bridgehead atoms. The molecule has 0 aliphatic carbocycles. The number of nitrogens with one attached hydrogen (secondary N) is 1. The summed E-state index contributed by atoms with van der Waals surface area (Å²) in [5.74, 6) is 0. The van der Waals surface area contributed by atoms with Crippen LogP contribution in [0.4, 0.5) is 0 Å². The zero-order chi connectivity index (χ0) is 15.4. The summed E-state index contributed by atoms with van der Waals surface area (Å²) in [6, 6.07) is 7.53. The van der Waals surface area contributed by atoms with Gasteiger partial charge >= 0.3 is 0 Å². The fourth-order valence-corrected chi connectivity index (χ4v) is 3.36. The lowest BCUT2D eigenvalue weighted by molar-refractivity contribution is 0.813. The van der Waals surface area contributed by atoms with Crippen LogP contribution in [0.15, 0.2) is 43.6 Å². The van der Waals surface area contributed by atoms with E-state index in [1.165, 1.54) is 11.8 Å². The van der Waals surface area contributed by atoms with Crippen LogP contribution in [0, 0.1) is 0 Å². The molecular formula is C15H18BrN3OS. The highest BCUT2D eigenvalue weighted by Crippen LogP contribution is 2.32. The Morgan fingerprint density at radius 3 is 2.81 bits per heavy atom. The van der Waals surface area contributed by atoms with Crippen LogP contribution >= 0.6 is 27.7 Å². The van der Waals surface area contributed by atoms with Gasteiger partial charge in [-0.25, -0.2) is 4.98 Å². The zero-order valence-electron chi connectivity index (χ0n) is 12.0. The van der Waals surface area contributed by atoms with Crippen LogP contribution < -0.4 is 11.3 Å². The second-order valence-corrected chi connectivity index (χ2v) is 6.76. The highest BCUT2D eigenvalue weighted by atomic mass is 79.9. The first-order valence-corrected chi connectivity index (χ1v) is 8.43. The minimum absolute atomic E-state index is 0.00818. The van der Waals surface area contributed by atoms with Gasteiger partial charge in [-0.2, -0.15) is 0 Å². The standard InChI is InChI=1S/C15H18BrN3OS/c1-3-4-11-8-14(20)19-15(18-11)21-13-6-5-10(9(2)17)7-12(13)16/h5-9H,3-4,17H2,1-2H3,(H,18,19,20)/t9-/m1/s1. The predicted octanol–water partition coefficient (Wildman–Crippen LogP) is 3.66. The van der Waals surface area contributed by atoms with E-state index < -0.39 is 0 Å². The summed E-state index contributed by atoms with van der Waals surface area (Å²) >= 11 is 4.98. The lowest BCUT2D eigenvalue weighted by atomic mass is 10.1. The quantitative estimate of drug-likeness (QED) is 0.791. The van der Waals surface area contributed by atoms with E-state index in [1.807, 2.05) is 25.1 Å². The molecule has 1 aromatic heterocycles. The number of halogens is 1. The molecule has 6 heteroatoms. The van der Waals surface area contributed by atoms with Gasteiger partial charge < -0.3 is 10.7 Å². The van der Waals surface area contributed by atoms with Crippen LogP contribution in [0.3, 0.4) is 0 Å². The Morgan fingerprint density at radius 1 is 1.43 bits per heavy atom. The molecule has 2 rings (SSSR count). The molecular weight excluding hydrogens is 350 g/mol. The fraction of sp³-hybridized carbons (Fsp3) is 0.333. The molecule has 2 aromatic rings. The minimum Gasteiger partial charge on any atom is -0.324 e. The zero-order valence-corrected chi connectivity index (χ0v) is 14.4. The third-order valence-corrected chi connectivity index (χ3v) is 4.85. The van der Waals surface area contributed by atoms with E-state index in [4.69, 9.17) is 5.73 Å². The van der Waals surface area contributed by atoms with Gasteiger partial charge in [0.1, 0.15) is 0 Å². The highest BCUT2D eigenvalue weighted by Gasteiger charge is 2.08. The number of rotatable bonds is 5. The van der Waals surface area contributed by atoms with E-state index in [9.17, 15) is 4.79 Å². The number of nitrogens with zero attached hydrogens (tertiary/aromatic N) is 1. The van der Waals surface area contributed by atoms with Crippen molar-refractivity contribution in [1.82, 2.24) is 9.97 Å². The molecule has 0 radical (unpaired) electrons. The van der Waals surface area contributed by atoms with Gasteiger partial charge in [-0.15, -0.1) is 0 Å². The van der Waals surface area contributed by atoms with Crippen molar-refractivity contribution in [2.45, 2.75) is 42.8 Å². The summed E-state index contributed by atoms with van der Waals surface area (Å²) in [6.45, 7) is 4.01. The number of H-pyrrole nitrogens is 1. The van der Waals surface area contributed by atoms with Crippen molar-refractivity contribution >= 4 is 27.7 Å². The van der Waals surface area contributed by atoms with Crippen LogP contribution in [0.2, 0.25) is 0 Å². The van der Waals surface area contributed by atoms with E-state index >= 15 is 0 Å². The summed E-state index contributed by atoms with van der Waals surface area (Å²) in [5.41, 5.74) is 7.65. The Labute approximate surface area is 136 Å². The SMILES string of the molecule is CCCc1cc(=O)[nH]c(Sc2ccc([C@@H](C)N)cc2Br)n1. The van der Waals surface area contributed by atoms with Crippen LogP contribution in [0.25, 0.3) is 0 Å². The molecule has 0 aliphatic rings. The van der Waals surface area contributed by atoms with Crippen LogP contribution in [-0.2, 0) is 6.42 Å². The van der Waals surface area contributed by atoms with Crippen molar-refractivity contribution in [1.29, 1.82) is 0 Å². The molecule has 3 N–H and O–H groups in total. The molecule has 0 saturated heterocycles. The minimum atomic E-state index is -0.112. The normalized spacial score (nSPS) is 12.4. The van der Waals surface area contributed by atoms with Crippen molar-refractivity contribution in [2.75, 3.05) is 0 Å². The molecule has 0 aliphatic heterocycles. The summed E-state index contributed by atoms with van der Waals surface area (Å²) in [6.07, 6.45) is 1.77. The Morgan fingerprint density at radius 2 is 2.19 bits per heavy atom. The average Bonchev–Trinajstić information content (AvgIpc) is 2.40. The molecule has 4 nitrogen and oxygen atoms in total.